The van der Waals surface area contributed by atoms with Gasteiger partial charge in [0, 0.05) is 5.56 Å². The quantitative estimate of drug-likeness (QED) is 0.698. The molecule has 3 rings (SSSR count). The molecule has 2 heterocycles. The summed E-state index contributed by atoms with van der Waals surface area (Å²) < 4.78 is 4.39. The van der Waals surface area contributed by atoms with E-state index in [2.05, 4.69) is 24.7 Å². The molecule has 1 aromatic carbocycles. The van der Waals surface area contributed by atoms with Gasteiger partial charge in [-0.3, -0.25) is 4.98 Å². The minimum Gasteiger partial charge on any atom is -0.476 e. The van der Waals surface area contributed by atoms with Gasteiger partial charge in [0.05, 0.1) is 37.6 Å². The lowest BCUT2D eigenvalue weighted by Gasteiger charge is -1.99. The highest BCUT2D eigenvalue weighted by Crippen LogP contribution is 2.14. The van der Waals surface area contributed by atoms with Crippen molar-refractivity contribution in [3.8, 4) is 11.3 Å². The number of rotatable bonds is 3. The van der Waals surface area contributed by atoms with Crippen molar-refractivity contribution >= 4 is 23.5 Å². The molecule has 0 bridgehead atoms. The molecule has 0 saturated heterocycles. The largest absolute Gasteiger partial charge is 0.476 e. The van der Waals surface area contributed by atoms with Crippen LogP contribution in [-0.2, 0) is 4.74 Å². The van der Waals surface area contributed by atoms with Crippen molar-refractivity contribution in [3.05, 3.63) is 71.7 Å². The number of aromatic nitrogens is 4. The molecule has 132 valence electrons. The summed E-state index contributed by atoms with van der Waals surface area (Å²) in [6, 6.07) is 9.47. The van der Waals surface area contributed by atoms with E-state index in [0.717, 1.165) is 5.56 Å². The number of hydrogen-bond donors (Lipinski definition) is 1. The third-order valence-electron chi connectivity index (χ3n) is 2.96. The van der Waals surface area contributed by atoms with Crippen molar-refractivity contribution in [1.29, 1.82) is 0 Å². The average Bonchev–Trinajstić information content (AvgIpc) is 2.69. The molecule has 0 radical (unpaired) electrons. The number of benzene rings is 1. The Bertz CT molecular complexity index is 872. The molecule has 0 saturated carbocycles. The number of halogens is 1. The van der Waals surface area contributed by atoms with E-state index in [9.17, 15) is 9.59 Å². The minimum atomic E-state index is -1.07. The molecule has 9 heteroatoms. The maximum atomic E-state index is 10.8. The summed E-state index contributed by atoms with van der Waals surface area (Å²) in [5, 5.41) is 8.89. The van der Waals surface area contributed by atoms with E-state index in [1.54, 1.807) is 0 Å². The van der Waals surface area contributed by atoms with Crippen LogP contribution in [0.2, 0.25) is 5.15 Å². The van der Waals surface area contributed by atoms with Crippen LogP contribution in [0.15, 0.2) is 55.1 Å². The van der Waals surface area contributed by atoms with Gasteiger partial charge < -0.3 is 9.84 Å². The first kappa shape index (κ1) is 18.9. The average molecular weight is 373 g/mol. The van der Waals surface area contributed by atoms with Gasteiger partial charge in [0.1, 0.15) is 5.15 Å². The van der Waals surface area contributed by atoms with Gasteiger partial charge in [0.2, 0.25) is 0 Å². The Morgan fingerprint density at radius 3 is 2.08 bits per heavy atom. The van der Waals surface area contributed by atoms with Gasteiger partial charge in [-0.15, -0.1) is 0 Å². The fourth-order valence-corrected chi connectivity index (χ4v) is 1.82. The second-order valence-corrected chi connectivity index (χ2v) is 5.06. The van der Waals surface area contributed by atoms with E-state index in [-0.39, 0.29) is 16.5 Å². The molecule has 0 atom stereocenters. The van der Waals surface area contributed by atoms with Crippen molar-refractivity contribution in [1.82, 2.24) is 19.9 Å². The maximum absolute atomic E-state index is 10.8. The van der Waals surface area contributed by atoms with Gasteiger partial charge in [-0.05, 0) is 0 Å². The van der Waals surface area contributed by atoms with Crippen LogP contribution in [-0.4, -0.2) is 44.1 Å². The van der Waals surface area contributed by atoms with Crippen molar-refractivity contribution < 1.29 is 19.4 Å². The Morgan fingerprint density at radius 1 is 0.923 bits per heavy atom. The molecule has 3 aromatic rings. The topological polar surface area (TPSA) is 115 Å². The van der Waals surface area contributed by atoms with Gasteiger partial charge in [-0.1, -0.05) is 41.9 Å². The Kier molecular flexibility index (Phi) is 6.69. The van der Waals surface area contributed by atoms with Crippen LogP contribution >= 0.6 is 11.6 Å². The Balaban J connectivity index is 0.000000197. The van der Waals surface area contributed by atoms with Crippen molar-refractivity contribution in [2.24, 2.45) is 0 Å². The molecule has 1 N–H and O–H groups in total. The molecule has 0 unspecified atom stereocenters. The second-order valence-electron chi connectivity index (χ2n) is 4.67. The number of carbonyl (C=O) groups is 2. The van der Waals surface area contributed by atoms with Crippen molar-refractivity contribution in [2.45, 2.75) is 0 Å². The smallest absolute Gasteiger partial charge is 0.358 e. The molecule has 0 fully saturated rings. The molecule has 2 aromatic heterocycles. The first-order chi connectivity index (χ1) is 12.5. The molecule has 0 aliphatic heterocycles. The predicted molar refractivity (Wildman–Crippen MR) is 92.8 cm³/mol. The summed E-state index contributed by atoms with van der Waals surface area (Å²) in [4.78, 5) is 36.5. The molecule has 0 aliphatic rings. The van der Waals surface area contributed by atoms with Gasteiger partial charge in [0.25, 0.3) is 0 Å². The SMILES string of the molecule is COC(=O)c1cnc(Cl)cn1.O=C(O)c1cnc(-c2ccccc2)cn1. The number of carbonyl (C=O) groups excluding carboxylic acids is 1. The van der Waals surface area contributed by atoms with Gasteiger partial charge in [-0.25, -0.2) is 24.5 Å². The van der Waals surface area contributed by atoms with E-state index < -0.39 is 11.9 Å². The zero-order chi connectivity index (χ0) is 18.9. The lowest BCUT2D eigenvalue weighted by Crippen LogP contribution is -2.04. The number of hydrogen-bond acceptors (Lipinski definition) is 7. The standard InChI is InChI=1S/C11H8N2O2.C6H5ClN2O2/c14-11(15)10-7-12-9(6-13-10)8-4-2-1-3-5-8;1-11-6(10)4-2-9-5(7)3-8-4/h1-7H,(H,14,15);2-3H,1H3. The predicted octanol–water partition coefficient (Wildman–Crippen LogP) is 2.76. The molecule has 0 spiro atoms. The minimum absolute atomic E-state index is 0.0466. The highest BCUT2D eigenvalue weighted by Gasteiger charge is 2.06. The van der Waals surface area contributed by atoms with Crippen LogP contribution in [0.4, 0.5) is 0 Å². The fraction of sp³-hybridized carbons (Fsp3) is 0.0588. The molecule has 0 aliphatic carbocycles. The van der Waals surface area contributed by atoms with Gasteiger partial charge in [0.15, 0.2) is 11.4 Å². The van der Waals surface area contributed by atoms with Crippen molar-refractivity contribution in [2.75, 3.05) is 7.11 Å². The zero-order valence-electron chi connectivity index (χ0n) is 13.5. The number of ether oxygens (including phenoxy) is 1. The summed E-state index contributed by atoms with van der Waals surface area (Å²) in [5.41, 5.74) is 1.69. The molecular formula is C17H13ClN4O4. The Hall–Kier alpha value is -3.39. The first-order valence-corrected chi connectivity index (χ1v) is 7.55. The Morgan fingerprint density at radius 2 is 1.58 bits per heavy atom. The first-order valence-electron chi connectivity index (χ1n) is 7.18. The van der Waals surface area contributed by atoms with Crippen LogP contribution in [0, 0.1) is 0 Å². The van der Waals surface area contributed by atoms with Gasteiger partial charge in [-0.2, -0.15) is 0 Å². The number of carboxylic acids is 1. The summed E-state index contributed by atoms with van der Waals surface area (Å²) in [7, 11) is 1.28. The molecule has 8 nitrogen and oxygen atoms in total. The van der Waals surface area contributed by atoms with Crippen LogP contribution < -0.4 is 0 Å². The number of nitrogens with zero attached hydrogens (tertiary/aromatic N) is 4. The van der Waals surface area contributed by atoms with Crippen LogP contribution in [0.3, 0.4) is 0 Å². The highest BCUT2D eigenvalue weighted by atomic mass is 35.5. The van der Waals surface area contributed by atoms with E-state index in [1.807, 2.05) is 30.3 Å². The third-order valence-corrected chi connectivity index (χ3v) is 3.15. The highest BCUT2D eigenvalue weighted by molar-refractivity contribution is 6.29. The van der Waals surface area contributed by atoms with E-state index in [1.165, 1.54) is 31.9 Å². The molecule has 0 amide bonds. The van der Waals surface area contributed by atoms with Crippen molar-refractivity contribution in [3.63, 3.8) is 0 Å². The van der Waals surface area contributed by atoms with Crippen LogP contribution in [0.1, 0.15) is 21.0 Å². The molecular weight excluding hydrogens is 360 g/mol. The Labute approximate surface area is 153 Å². The fourth-order valence-electron chi connectivity index (χ4n) is 1.72. The monoisotopic (exact) mass is 372 g/mol. The van der Waals surface area contributed by atoms with Gasteiger partial charge >= 0.3 is 11.9 Å². The summed E-state index contributed by atoms with van der Waals surface area (Å²) >= 11 is 5.43. The maximum Gasteiger partial charge on any atom is 0.358 e. The van der Waals surface area contributed by atoms with Crippen LogP contribution in [0.5, 0.6) is 0 Å². The van der Waals surface area contributed by atoms with Crippen LogP contribution in [0.25, 0.3) is 11.3 Å². The number of aromatic carboxylic acids is 1. The lowest BCUT2D eigenvalue weighted by molar-refractivity contribution is 0.0592. The summed E-state index contributed by atoms with van der Waals surface area (Å²) in [5.74, 6) is -1.59. The number of methoxy groups -OCH3 is 1. The van der Waals surface area contributed by atoms with E-state index in [4.69, 9.17) is 16.7 Å². The van der Waals surface area contributed by atoms with E-state index in [0.29, 0.717) is 5.69 Å². The lowest BCUT2D eigenvalue weighted by atomic mass is 10.2. The third kappa shape index (κ3) is 5.32. The van der Waals surface area contributed by atoms with E-state index >= 15 is 0 Å². The zero-order valence-corrected chi connectivity index (χ0v) is 14.3. The summed E-state index contributed by atoms with van der Waals surface area (Å²) in [6.07, 6.45) is 5.26. The normalized spacial score (nSPS) is 9.62. The number of carboxylic acid groups (broad SMARTS) is 1. The summed E-state index contributed by atoms with van der Waals surface area (Å²) in [6.45, 7) is 0. The number of esters is 1. The molecule has 26 heavy (non-hydrogen) atoms. The second kappa shape index (κ2) is 9.19.